The lowest BCUT2D eigenvalue weighted by Crippen LogP contribution is -2.34. The zero-order chi connectivity index (χ0) is 19.4. The summed E-state index contributed by atoms with van der Waals surface area (Å²) >= 11 is 0. The number of carbonyl (C=O) groups is 1. The van der Waals surface area contributed by atoms with Gasteiger partial charge >= 0.3 is 6.18 Å². The molecule has 0 unspecified atom stereocenters. The Morgan fingerprint density at radius 1 is 1.15 bits per heavy atom. The molecule has 7 heteroatoms. The lowest BCUT2D eigenvalue weighted by atomic mass is 10.1. The van der Waals surface area contributed by atoms with Crippen molar-refractivity contribution < 1.29 is 22.7 Å². The predicted octanol–water partition coefficient (Wildman–Crippen LogP) is 4.32. The molecule has 1 saturated carbocycles. The smallest absolute Gasteiger partial charge is 0.418 e. The van der Waals surface area contributed by atoms with Crippen molar-refractivity contribution in [3.8, 4) is 5.75 Å². The van der Waals surface area contributed by atoms with Crippen LogP contribution in [-0.2, 0) is 17.5 Å². The summed E-state index contributed by atoms with van der Waals surface area (Å²) in [6.07, 6.45) is -2.53. The number of hydrogen-bond acceptors (Lipinski definition) is 3. The molecule has 1 aliphatic rings. The monoisotopic (exact) mass is 378 g/mol. The van der Waals surface area contributed by atoms with Gasteiger partial charge in [-0.1, -0.05) is 24.3 Å². The zero-order valence-corrected chi connectivity index (χ0v) is 14.9. The van der Waals surface area contributed by atoms with Crippen LogP contribution < -0.4 is 10.1 Å². The Bertz CT molecular complexity index is 787. The summed E-state index contributed by atoms with van der Waals surface area (Å²) in [6, 6.07) is 12.8. The molecule has 0 aromatic heterocycles. The zero-order valence-electron chi connectivity index (χ0n) is 14.9. The molecule has 1 aliphatic carbocycles. The van der Waals surface area contributed by atoms with Crippen LogP contribution in [0.5, 0.6) is 5.75 Å². The van der Waals surface area contributed by atoms with Crippen LogP contribution in [0.1, 0.15) is 24.0 Å². The molecule has 0 aliphatic heterocycles. The molecule has 144 valence electrons. The topological polar surface area (TPSA) is 41.6 Å². The quantitative estimate of drug-likeness (QED) is 0.780. The molecule has 1 fully saturated rings. The Kier molecular flexibility index (Phi) is 5.70. The fraction of sp³-hybridized carbons (Fsp3) is 0.350. The number of methoxy groups -OCH3 is 1. The van der Waals surface area contributed by atoms with Crippen molar-refractivity contribution in [2.75, 3.05) is 19.0 Å². The number of benzene rings is 2. The van der Waals surface area contributed by atoms with Gasteiger partial charge in [-0.15, -0.1) is 0 Å². The van der Waals surface area contributed by atoms with E-state index in [1.807, 2.05) is 29.2 Å². The van der Waals surface area contributed by atoms with Crippen LogP contribution in [0.2, 0.25) is 0 Å². The highest BCUT2D eigenvalue weighted by Crippen LogP contribution is 2.34. The van der Waals surface area contributed by atoms with Gasteiger partial charge in [0.05, 0.1) is 24.9 Å². The van der Waals surface area contributed by atoms with Crippen molar-refractivity contribution >= 4 is 11.6 Å². The summed E-state index contributed by atoms with van der Waals surface area (Å²) in [7, 11) is 1.59. The van der Waals surface area contributed by atoms with Gasteiger partial charge < -0.3 is 10.1 Å². The standard InChI is InChI=1S/C20H21F3N2O2/c1-27-16-10-6-14(7-11-16)12-25(15-8-9-15)13-19(26)24-18-5-3-2-4-17(18)20(21,22)23/h2-7,10-11,15H,8-9,12-13H2,1H3,(H,24,26). The van der Waals surface area contributed by atoms with Crippen LogP contribution >= 0.6 is 0 Å². The van der Waals surface area contributed by atoms with Crippen molar-refractivity contribution in [3.63, 3.8) is 0 Å². The van der Waals surface area contributed by atoms with Crippen LogP contribution in [0, 0.1) is 0 Å². The Hall–Kier alpha value is -2.54. The molecule has 1 N–H and O–H groups in total. The van der Waals surface area contributed by atoms with Gasteiger partial charge in [0.25, 0.3) is 0 Å². The maximum absolute atomic E-state index is 13.1. The van der Waals surface area contributed by atoms with E-state index in [9.17, 15) is 18.0 Å². The number of alkyl halides is 3. The van der Waals surface area contributed by atoms with Crippen LogP contribution in [0.25, 0.3) is 0 Å². The second kappa shape index (κ2) is 8.00. The first kappa shape index (κ1) is 19.2. The number of hydrogen-bond donors (Lipinski definition) is 1. The SMILES string of the molecule is COc1ccc(CN(CC(=O)Nc2ccccc2C(F)(F)F)C2CC2)cc1. The largest absolute Gasteiger partial charge is 0.497 e. The molecule has 0 spiro atoms. The van der Waals surface area contributed by atoms with E-state index >= 15 is 0 Å². The minimum Gasteiger partial charge on any atom is -0.497 e. The van der Waals surface area contributed by atoms with Gasteiger partial charge in [-0.3, -0.25) is 9.69 Å². The minimum atomic E-state index is -4.51. The van der Waals surface area contributed by atoms with Gasteiger partial charge in [0.2, 0.25) is 5.91 Å². The highest BCUT2D eigenvalue weighted by molar-refractivity contribution is 5.93. The first-order chi connectivity index (χ1) is 12.9. The number of carbonyl (C=O) groups excluding carboxylic acids is 1. The van der Waals surface area contributed by atoms with Gasteiger partial charge in [-0.2, -0.15) is 13.2 Å². The predicted molar refractivity (Wildman–Crippen MR) is 96.5 cm³/mol. The molecule has 0 heterocycles. The summed E-state index contributed by atoms with van der Waals surface area (Å²) in [6.45, 7) is 0.603. The van der Waals surface area contributed by atoms with E-state index in [1.54, 1.807) is 7.11 Å². The number of ether oxygens (including phenoxy) is 1. The second-order valence-electron chi connectivity index (χ2n) is 6.58. The first-order valence-electron chi connectivity index (χ1n) is 8.70. The Balaban J connectivity index is 1.66. The summed E-state index contributed by atoms with van der Waals surface area (Å²) in [4.78, 5) is 14.4. The first-order valence-corrected chi connectivity index (χ1v) is 8.70. The fourth-order valence-electron chi connectivity index (χ4n) is 2.93. The van der Waals surface area contributed by atoms with E-state index in [-0.39, 0.29) is 18.3 Å². The van der Waals surface area contributed by atoms with Crippen molar-refractivity contribution in [1.29, 1.82) is 0 Å². The van der Waals surface area contributed by atoms with Gasteiger partial charge in [0.15, 0.2) is 0 Å². The number of para-hydroxylation sites is 1. The molecule has 4 nitrogen and oxygen atoms in total. The van der Waals surface area contributed by atoms with Crippen LogP contribution in [0.3, 0.4) is 0 Å². The van der Waals surface area contributed by atoms with E-state index < -0.39 is 17.6 Å². The highest BCUT2D eigenvalue weighted by atomic mass is 19.4. The molecule has 3 rings (SSSR count). The lowest BCUT2D eigenvalue weighted by molar-refractivity contribution is -0.137. The number of nitrogens with one attached hydrogen (secondary N) is 1. The van der Waals surface area contributed by atoms with Crippen molar-refractivity contribution in [3.05, 3.63) is 59.7 Å². The van der Waals surface area contributed by atoms with Crippen LogP contribution in [0.4, 0.5) is 18.9 Å². The van der Waals surface area contributed by atoms with Gasteiger partial charge in [-0.25, -0.2) is 0 Å². The molecule has 0 radical (unpaired) electrons. The van der Waals surface area contributed by atoms with E-state index in [0.29, 0.717) is 6.54 Å². The Labute approximate surface area is 155 Å². The number of anilines is 1. The third kappa shape index (κ3) is 5.23. The third-order valence-electron chi connectivity index (χ3n) is 4.46. The van der Waals surface area contributed by atoms with E-state index in [1.165, 1.54) is 18.2 Å². The molecule has 1 amide bonds. The van der Waals surface area contributed by atoms with Crippen molar-refractivity contribution in [1.82, 2.24) is 4.90 Å². The Morgan fingerprint density at radius 2 is 1.81 bits per heavy atom. The number of nitrogens with zero attached hydrogens (tertiary/aromatic N) is 1. The molecular formula is C20H21F3N2O2. The van der Waals surface area contributed by atoms with Crippen molar-refractivity contribution in [2.45, 2.75) is 31.6 Å². The summed E-state index contributed by atoms with van der Waals surface area (Å²) in [5.74, 6) is 0.297. The molecule has 2 aromatic carbocycles. The summed E-state index contributed by atoms with van der Waals surface area (Å²) in [5, 5.41) is 2.41. The number of amides is 1. The maximum atomic E-state index is 13.1. The average Bonchev–Trinajstić information content (AvgIpc) is 3.46. The maximum Gasteiger partial charge on any atom is 0.418 e. The fourth-order valence-corrected chi connectivity index (χ4v) is 2.93. The van der Waals surface area contributed by atoms with Crippen LogP contribution in [0.15, 0.2) is 48.5 Å². The molecule has 0 atom stereocenters. The van der Waals surface area contributed by atoms with E-state index in [0.717, 1.165) is 30.2 Å². The second-order valence-corrected chi connectivity index (χ2v) is 6.58. The van der Waals surface area contributed by atoms with Crippen LogP contribution in [-0.4, -0.2) is 30.5 Å². The minimum absolute atomic E-state index is 0.0445. The Morgan fingerprint density at radius 3 is 2.41 bits per heavy atom. The number of halogens is 3. The summed E-state index contributed by atoms with van der Waals surface area (Å²) in [5.41, 5.74) is -0.0344. The molecule has 0 bridgehead atoms. The molecule has 0 saturated heterocycles. The van der Waals surface area contributed by atoms with E-state index in [4.69, 9.17) is 4.74 Å². The molecular weight excluding hydrogens is 357 g/mol. The number of rotatable bonds is 7. The van der Waals surface area contributed by atoms with Crippen molar-refractivity contribution in [2.24, 2.45) is 0 Å². The van der Waals surface area contributed by atoms with Gasteiger partial charge in [0.1, 0.15) is 5.75 Å². The van der Waals surface area contributed by atoms with Gasteiger partial charge in [-0.05, 0) is 42.7 Å². The summed E-state index contributed by atoms with van der Waals surface area (Å²) < 4.78 is 44.4. The molecule has 2 aromatic rings. The van der Waals surface area contributed by atoms with Gasteiger partial charge in [0, 0.05) is 12.6 Å². The lowest BCUT2D eigenvalue weighted by Gasteiger charge is -2.22. The van der Waals surface area contributed by atoms with E-state index in [2.05, 4.69) is 5.32 Å². The average molecular weight is 378 g/mol. The normalized spacial score (nSPS) is 14.3. The highest BCUT2D eigenvalue weighted by Gasteiger charge is 2.34. The molecule has 27 heavy (non-hydrogen) atoms. The third-order valence-corrected chi connectivity index (χ3v) is 4.46.